The van der Waals surface area contributed by atoms with Crippen LogP contribution in [0, 0.1) is 0 Å². The zero-order chi connectivity index (χ0) is 17.0. The van der Waals surface area contributed by atoms with Crippen molar-refractivity contribution in [3.63, 3.8) is 0 Å². The van der Waals surface area contributed by atoms with Gasteiger partial charge in [0.05, 0.1) is 13.7 Å². The summed E-state index contributed by atoms with van der Waals surface area (Å²) in [6.07, 6.45) is 3.35. The SMILES string of the molecule is COc1cc(C=CC(C)=O)ccc1CO[Si](C)(C)C(C)(C)C. The average molecular weight is 321 g/mol. The molecule has 22 heavy (non-hydrogen) atoms. The summed E-state index contributed by atoms with van der Waals surface area (Å²) in [5.74, 6) is 0.828. The van der Waals surface area contributed by atoms with Gasteiger partial charge < -0.3 is 9.16 Å². The molecule has 0 radical (unpaired) electrons. The number of methoxy groups -OCH3 is 1. The first-order chi connectivity index (χ1) is 10.1. The third-order valence-electron chi connectivity index (χ3n) is 4.22. The van der Waals surface area contributed by atoms with Gasteiger partial charge in [0.25, 0.3) is 0 Å². The van der Waals surface area contributed by atoms with Crippen LogP contribution in [0.1, 0.15) is 38.8 Å². The van der Waals surface area contributed by atoms with Gasteiger partial charge in [0.2, 0.25) is 0 Å². The van der Waals surface area contributed by atoms with E-state index < -0.39 is 8.32 Å². The largest absolute Gasteiger partial charge is 0.496 e. The maximum Gasteiger partial charge on any atom is 0.192 e. The number of ether oxygens (including phenoxy) is 1. The van der Waals surface area contributed by atoms with Gasteiger partial charge in [-0.2, -0.15) is 0 Å². The molecule has 0 amide bonds. The summed E-state index contributed by atoms with van der Waals surface area (Å²) in [6.45, 7) is 13.3. The zero-order valence-corrected chi connectivity index (χ0v) is 15.8. The number of hydrogen-bond acceptors (Lipinski definition) is 3. The molecule has 0 aliphatic rings. The minimum absolute atomic E-state index is 0.0318. The third-order valence-corrected chi connectivity index (χ3v) is 8.69. The Hall–Kier alpha value is -1.39. The second-order valence-electron chi connectivity index (χ2n) is 7.06. The van der Waals surface area contributed by atoms with Gasteiger partial charge in [0, 0.05) is 5.56 Å². The van der Waals surface area contributed by atoms with Crippen LogP contribution in [0.3, 0.4) is 0 Å². The van der Waals surface area contributed by atoms with Crippen molar-refractivity contribution >= 4 is 20.2 Å². The fourth-order valence-electron chi connectivity index (χ4n) is 1.67. The molecule has 3 nitrogen and oxygen atoms in total. The van der Waals surface area contributed by atoms with Crippen molar-refractivity contribution in [2.75, 3.05) is 7.11 Å². The fraction of sp³-hybridized carbons (Fsp3) is 0.500. The molecule has 0 fully saturated rings. The quantitative estimate of drug-likeness (QED) is 0.557. The Bertz CT molecular complexity index is 554. The molecular weight excluding hydrogens is 292 g/mol. The lowest BCUT2D eigenvalue weighted by molar-refractivity contribution is -0.112. The molecule has 0 bridgehead atoms. The monoisotopic (exact) mass is 320 g/mol. The number of benzene rings is 1. The summed E-state index contributed by atoms with van der Waals surface area (Å²) in [7, 11) is -0.125. The highest BCUT2D eigenvalue weighted by Gasteiger charge is 2.37. The summed E-state index contributed by atoms with van der Waals surface area (Å²) in [5, 5.41) is 0.185. The van der Waals surface area contributed by atoms with Crippen LogP contribution in [0.4, 0.5) is 0 Å². The van der Waals surface area contributed by atoms with Crippen LogP contribution >= 0.6 is 0 Å². The number of ketones is 1. The molecule has 0 aliphatic carbocycles. The Balaban J connectivity index is 2.90. The van der Waals surface area contributed by atoms with E-state index >= 15 is 0 Å². The Morgan fingerprint density at radius 1 is 1.27 bits per heavy atom. The topological polar surface area (TPSA) is 35.5 Å². The zero-order valence-electron chi connectivity index (χ0n) is 14.8. The lowest BCUT2D eigenvalue weighted by Gasteiger charge is -2.36. The van der Waals surface area contributed by atoms with Crippen LogP contribution in [0.25, 0.3) is 6.08 Å². The molecule has 0 aromatic heterocycles. The van der Waals surface area contributed by atoms with Crippen molar-refractivity contribution in [3.8, 4) is 5.75 Å². The van der Waals surface area contributed by atoms with Crippen LogP contribution in [0.15, 0.2) is 24.3 Å². The molecule has 0 aliphatic heterocycles. The number of hydrogen-bond donors (Lipinski definition) is 0. The maximum absolute atomic E-state index is 11.0. The first-order valence-electron chi connectivity index (χ1n) is 7.56. The number of carbonyl (C=O) groups is 1. The number of carbonyl (C=O) groups excluding carboxylic acids is 1. The third kappa shape index (κ3) is 5.11. The molecule has 1 aromatic carbocycles. The predicted molar refractivity (Wildman–Crippen MR) is 94.7 cm³/mol. The van der Waals surface area contributed by atoms with Crippen molar-refractivity contribution in [3.05, 3.63) is 35.4 Å². The molecule has 1 aromatic rings. The van der Waals surface area contributed by atoms with Gasteiger partial charge in [0.1, 0.15) is 5.75 Å². The smallest absolute Gasteiger partial charge is 0.192 e. The van der Waals surface area contributed by atoms with E-state index in [2.05, 4.69) is 33.9 Å². The average Bonchev–Trinajstić information content (AvgIpc) is 2.41. The predicted octanol–water partition coefficient (Wildman–Crippen LogP) is 4.82. The van der Waals surface area contributed by atoms with Crippen molar-refractivity contribution in [1.82, 2.24) is 0 Å². The van der Waals surface area contributed by atoms with E-state index in [0.717, 1.165) is 16.9 Å². The summed E-state index contributed by atoms with van der Waals surface area (Å²) < 4.78 is 11.7. The summed E-state index contributed by atoms with van der Waals surface area (Å²) >= 11 is 0. The maximum atomic E-state index is 11.0. The van der Waals surface area contributed by atoms with Gasteiger partial charge in [-0.05, 0) is 42.8 Å². The van der Waals surface area contributed by atoms with E-state index in [4.69, 9.17) is 9.16 Å². The van der Waals surface area contributed by atoms with Gasteiger partial charge in [0.15, 0.2) is 14.1 Å². The lowest BCUT2D eigenvalue weighted by atomic mass is 10.1. The summed E-state index contributed by atoms with van der Waals surface area (Å²) in [6, 6.07) is 5.92. The van der Waals surface area contributed by atoms with Gasteiger partial charge >= 0.3 is 0 Å². The minimum atomic E-state index is -1.78. The van der Waals surface area contributed by atoms with E-state index in [1.165, 1.54) is 6.92 Å². The highest BCUT2D eigenvalue weighted by atomic mass is 28.4. The molecule has 4 heteroatoms. The molecule has 0 saturated heterocycles. The van der Waals surface area contributed by atoms with Crippen LogP contribution in [-0.4, -0.2) is 21.2 Å². The Morgan fingerprint density at radius 2 is 1.91 bits per heavy atom. The van der Waals surface area contributed by atoms with E-state index in [-0.39, 0.29) is 10.8 Å². The highest BCUT2D eigenvalue weighted by molar-refractivity contribution is 6.74. The summed E-state index contributed by atoms with van der Waals surface area (Å²) in [5.41, 5.74) is 1.98. The minimum Gasteiger partial charge on any atom is -0.496 e. The molecule has 0 heterocycles. The van der Waals surface area contributed by atoms with Crippen molar-refractivity contribution in [2.45, 2.75) is 52.4 Å². The second-order valence-corrected chi connectivity index (χ2v) is 11.9. The molecule has 1 rings (SSSR count). The fourth-order valence-corrected chi connectivity index (χ4v) is 2.62. The highest BCUT2D eigenvalue weighted by Crippen LogP contribution is 2.37. The Labute approximate surface area is 135 Å². The van der Waals surface area contributed by atoms with Crippen LogP contribution in [-0.2, 0) is 15.8 Å². The molecular formula is C18H28O3Si. The molecule has 122 valence electrons. The van der Waals surface area contributed by atoms with Gasteiger partial charge in [-0.25, -0.2) is 0 Å². The van der Waals surface area contributed by atoms with Crippen molar-refractivity contribution < 1.29 is 14.0 Å². The summed E-state index contributed by atoms with van der Waals surface area (Å²) in [4.78, 5) is 11.0. The van der Waals surface area contributed by atoms with Gasteiger partial charge in [-0.15, -0.1) is 0 Å². The molecule has 0 atom stereocenters. The Morgan fingerprint density at radius 3 is 2.41 bits per heavy atom. The molecule has 0 N–H and O–H groups in total. The van der Waals surface area contributed by atoms with Crippen LogP contribution < -0.4 is 4.74 Å². The Kier molecular flexibility index (Phi) is 6.14. The first-order valence-corrected chi connectivity index (χ1v) is 10.5. The first kappa shape index (κ1) is 18.7. The molecule has 0 unspecified atom stereocenters. The van der Waals surface area contributed by atoms with Gasteiger partial charge in [-0.3, -0.25) is 4.79 Å². The van der Waals surface area contributed by atoms with Crippen molar-refractivity contribution in [1.29, 1.82) is 0 Å². The van der Waals surface area contributed by atoms with E-state index in [0.29, 0.717) is 6.61 Å². The standard InChI is InChI=1S/C18H28O3Si/c1-14(19)8-9-15-10-11-16(17(12-15)20-5)13-21-22(6,7)18(2,3)4/h8-12H,13H2,1-7H3. The van der Waals surface area contributed by atoms with E-state index in [9.17, 15) is 4.79 Å². The van der Waals surface area contributed by atoms with E-state index in [1.807, 2.05) is 18.2 Å². The second kappa shape index (κ2) is 7.25. The van der Waals surface area contributed by atoms with Crippen LogP contribution in [0.5, 0.6) is 5.75 Å². The van der Waals surface area contributed by atoms with Crippen LogP contribution in [0.2, 0.25) is 18.1 Å². The van der Waals surface area contributed by atoms with Crippen molar-refractivity contribution in [2.24, 2.45) is 0 Å². The van der Waals surface area contributed by atoms with Gasteiger partial charge in [-0.1, -0.05) is 39.0 Å². The lowest BCUT2D eigenvalue weighted by Crippen LogP contribution is -2.40. The number of allylic oxidation sites excluding steroid dienone is 1. The molecule has 0 spiro atoms. The number of rotatable bonds is 6. The molecule has 0 saturated carbocycles. The normalized spacial score (nSPS) is 12.7. The van der Waals surface area contributed by atoms with E-state index in [1.54, 1.807) is 19.3 Å².